The summed E-state index contributed by atoms with van der Waals surface area (Å²) in [5.74, 6) is -0.0100. The molecular formula is C19H25N3O2. The van der Waals surface area contributed by atoms with Gasteiger partial charge in [-0.1, -0.05) is 24.3 Å². The number of aromatic nitrogens is 1. The Morgan fingerprint density at radius 3 is 2.83 bits per heavy atom. The number of nitrogens with zero attached hydrogens (tertiary/aromatic N) is 3. The van der Waals surface area contributed by atoms with Crippen LogP contribution in [0.5, 0.6) is 0 Å². The van der Waals surface area contributed by atoms with E-state index in [2.05, 4.69) is 9.88 Å². The molecule has 1 fully saturated rings. The van der Waals surface area contributed by atoms with E-state index in [0.717, 1.165) is 36.8 Å². The van der Waals surface area contributed by atoms with E-state index < -0.39 is 0 Å². The second kappa shape index (κ2) is 7.73. The van der Waals surface area contributed by atoms with E-state index in [9.17, 15) is 4.79 Å². The van der Waals surface area contributed by atoms with Gasteiger partial charge in [-0.15, -0.1) is 0 Å². The smallest absolute Gasteiger partial charge is 0.273 e. The summed E-state index contributed by atoms with van der Waals surface area (Å²) in [6.45, 7) is 2.93. The molecule has 24 heavy (non-hydrogen) atoms. The number of fused-ring (bicyclic) bond motifs is 1. The highest BCUT2D eigenvalue weighted by atomic mass is 16.5. The number of hydrogen-bond donors (Lipinski definition) is 0. The number of likely N-dealkylation sites (N-methyl/N-ethyl adjacent to an activating group) is 1. The average Bonchev–Trinajstić information content (AvgIpc) is 3.10. The average molecular weight is 327 g/mol. The molecule has 2 heterocycles. The second-order valence-corrected chi connectivity index (χ2v) is 6.57. The Morgan fingerprint density at radius 1 is 1.25 bits per heavy atom. The molecule has 1 saturated heterocycles. The number of hydrogen-bond acceptors (Lipinski definition) is 4. The summed E-state index contributed by atoms with van der Waals surface area (Å²) in [5, 5.41) is 1.95. The van der Waals surface area contributed by atoms with Crippen LogP contribution in [0.25, 0.3) is 10.8 Å². The maximum atomic E-state index is 13.1. The standard InChI is InChI=1S/C19H25N3O2/c1-21(2)11-12-22(14-16-7-5-13-24-16)19(23)18-17-8-4-3-6-15(17)9-10-20-18/h3-4,6,8-10,16H,5,7,11-14H2,1-2H3/t16-/m0/s1. The summed E-state index contributed by atoms with van der Waals surface area (Å²) in [5.41, 5.74) is 0.532. The van der Waals surface area contributed by atoms with Crippen molar-refractivity contribution in [3.05, 3.63) is 42.2 Å². The number of benzene rings is 1. The molecule has 3 rings (SSSR count). The van der Waals surface area contributed by atoms with Crippen molar-refractivity contribution in [3.8, 4) is 0 Å². The van der Waals surface area contributed by atoms with Crippen molar-refractivity contribution in [3.63, 3.8) is 0 Å². The molecule has 5 heteroatoms. The zero-order chi connectivity index (χ0) is 16.9. The Bertz CT molecular complexity index is 691. The maximum absolute atomic E-state index is 13.1. The molecule has 1 aliphatic rings. The highest BCUT2D eigenvalue weighted by Gasteiger charge is 2.25. The molecule has 0 N–H and O–H groups in total. The molecule has 128 valence electrons. The molecule has 0 aliphatic carbocycles. The summed E-state index contributed by atoms with van der Waals surface area (Å²) in [4.78, 5) is 21.5. The fraction of sp³-hybridized carbons (Fsp3) is 0.474. The lowest BCUT2D eigenvalue weighted by Crippen LogP contribution is -2.41. The number of pyridine rings is 1. The lowest BCUT2D eigenvalue weighted by Gasteiger charge is -2.27. The van der Waals surface area contributed by atoms with E-state index in [1.807, 2.05) is 49.3 Å². The van der Waals surface area contributed by atoms with Crippen LogP contribution in [0.1, 0.15) is 23.3 Å². The van der Waals surface area contributed by atoms with Gasteiger partial charge in [0.1, 0.15) is 5.69 Å². The van der Waals surface area contributed by atoms with E-state index in [0.29, 0.717) is 18.8 Å². The molecule has 5 nitrogen and oxygen atoms in total. The monoisotopic (exact) mass is 327 g/mol. The van der Waals surface area contributed by atoms with Gasteiger partial charge in [0.15, 0.2) is 0 Å². The Hall–Kier alpha value is -1.98. The summed E-state index contributed by atoms with van der Waals surface area (Å²) in [6.07, 6.45) is 3.96. The predicted molar refractivity (Wildman–Crippen MR) is 95.2 cm³/mol. The molecule has 0 radical (unpaired) electrons. The molecule has 0 unspecified atom stereocenters. The normalized spacial score (nSPS) is 17.5. The van der Waals surface area contributed by atoms with E-state index in [1.54, 1.807) is 6.20 Å². The van der Waals surface area contributed by atoms with E-state index in [-0.39, 0.29) is 12.0 Å². The Kier molecular flexibility index (Phi) is 5.43. The third kappa shape index (κ3) is 3.91. The van der Waals surface area contributed by atoms with Gasteiger partial charge in [0.05, 0.1) is 6.10 Å². The maximum Gasteiger partial charge on any atom is 0.273 e. The van der Waals surface area contributed by atoms with Gasteiger partial charge < -0.3 is 14.5 Å². The minimum Gasteiger partial charge on any atom is -0.376 e. The van der Waals surface area contributed by atoms with Gasteiger partial charge in [0, 0.05) is 37.8 Å². The van der Waals surface area contributed by atoms with Crippen LogP contribution in [0.4, 0.5) is 0 Å². The highest BCUT2D eigenvalue weighted by molar-refractivity contribution is 6.05. The van der Waals surface area contributed by atoms with E-state index >= 15 is 0 Å². The minimum absolute atomic E-state index is 0.0100. The first kappa shape index (κ1) is 16.9. The zero-order valence-electron chi connectivity index (χ0n) is 14.4. The number of carbonyl (C=O) groups is 1. The molecule has 2 aromatic rings. The molecule has 1 aromatic heterocycles. The molecule has 1 amide bonds. The van der Waals surface area contributed by atoms with Crippen molar-refractivity contribution in [2.45, 2.75) is 18.9 Å². The van der Waals surface area contributed by atoms with Gasteiger partial charge in [-0.05, 0) is 38.4 Å². The van der Waals surface area contributed by atoms with E-state index in [1.165, 1.54) is 0 Å². The Balaban J connectivity index is 1.85. The second-order valence-electron chi connectivity index (χ2n) is 6.57. The number of ether oxygens (including phenoxy) is 1. The van der Waals surface area contributed by atoms with Gasteiger partial charge in [0.2, 0.25) is 0 Å². The molecule has 1 aliphatic heterocycles. The highest BCUT2D eigenvalue weighted by Crippen LogP contribution is 2.19. The molecule has 0 spiro atoms. The molecule has 0 bridgehead atoms. The summed E-state index contributed by atoms with van der Waals surface area (Å²) >= 11 is 0. The number of carbonyl (C=O) groups excluding carboxylic acids is 1. The fourth-order valence-electron chi connectivity index (χ4n) is 3.07. The molecule has 1 atom stereocenters. The van der Waals surface area contributed by atoms with Crippen molar-refractivity contribution in [1.82, 2.24) is 14.8 Å². The van der Waals surface area contributed by atoms with Gasteiger partial charge in [-0.25, -0.2) is 0 Å². The first-order valence-corrected chi connectivity index (χ1v) is 8.54. The zero-order valence-corrected chi connectivity index (χ0v) is 14.4. The van der Waals surface area contributed by atoms with Crippen LogP contribution in [-0.4, -0.2) is 67.1 Å². The lowest BCUT2D eigenvalue weighted by atomic mass is 10.1. The van der Waals surface area contributed by atoms with Crippen LogP contribution in [-0.2, 0) is 4.74 Å². The molecule has 1 aromatic carbocycles. The van der Waals surface area contributed by atoms with Crippen LogP contribution >= 0.6 is 0 Å². The van der Waals surface area contributed by atoms with Gasteiger partial charge in [-0.2, -0.15) is 0 Å². The van der Waals surface area contributed by atoms with Crippen molar-refractivity contribution in [2.24, 2.45) is 0 Å². The lowest BCUT2D eigenvalue weighted by molar-refractivity contribution is 0.0509. The third-order valence-corrected chi connectivity index (χ3v) is 4.43. The minimum atomic E-state index is -0.0100. The van der Waals surface area contributed by atoms with Crippen LogP contribution < -0.4 is 0 Å². The first-order valence-electron chi connectivity index (χ1n) is 8.54. The van der Waals surface area contributed by atoms with E-state index in [4.69, 9.17) is 4.74 Å². The van der Waals surface area contributed by atoms with Gasteiger partial charge in [-0.3, -0.25) is 9.78 Å². The quantitative estimate of drug-likeness (QED) is 0.817. The van der Waals surface area contributed by atoms with Crippen molar-refractivity contribution >= 4 is 16.7 Å². The van der Waals surface area contributed by atoms with Crippen LogP contribution in [0.2, 0.25) is 0 Å². The third-order valence-electron chi connectivity index (χ3n) is 4.43. The SMILES string of the molecule is CN(C)CCN(C[C@@H]1CCCO1)C(=O)c1nccc2ccccc12. The number of amides is 1. The molecule has 0 saturated carbocycles. The first-order chi connectivity index (χ1) is 11.6. The molecular weight excluding hydrogens is 302 g/mol. The van der Waals surface area contributed by atoms with Crippen LogP contribution in [0, 0.1) is 0 Å². The van der Waals surface area contributed by atoms with Gasteiger partial charge in [0.25, 0.3) is 5.91 Å². The Morgan fingerprint density at radius 2 is 2.08 bits per heavy atom. The van der Waals surface area contributed by atoms with Gasteiger partial charge >= 0.3 is 0 Å². The topological polar surface area (TPSA) is 45.7 Å². The van der Waals surface area contributed by atoms with Crippen molar-refractivity contribution < 1.29 is 9.53 Å². The summed E-state index contributed by atoms with van der Waals surface area (Å²) in [6, 6.07) is 9.85. The summed E-state index contributed by atoms with van der Waals surface area (Å²) in [7, 11) is 4.04. The number of rotatable bonds is 6. The fourth-order valence-corrected chi connectivity index (χ4v) is 3.07. The Labute approximate surface area is 143 Å². The predicted octanol–water partition coefficient (Wildman–Crippen LogP) is 2.42. The van der Waals surface area contributed by atoms with Crippen LogP contribution in [0.3, 0.4) is 0 Å². The summed E-state index contributed by atoms with van der Waals surface area (Å²) < 4.78 is 5.74. The largest absolute Gasteiger partial charge is 0.376 e. The van der Waals surface area contributed by atoms with Crippen molar-refractivity contribution in [2.75, 3.05) is 40.3 Å². The van der Waals surface area contributed by atoms with Crippen molar-refractivity contribution in [1.29, 1.82) is 0 Å². The van der Waals surface area contributed by atoms with Crippen LogP contribution in [0.15, 0.2) is 36.5 Å².